The Labute approximate surface area is 117 Å². The summed E-state index contributed by atoms with van der Waals surface area (Å²) >= 11 is 0. The quantitative estimate of drug-likeness (QED) is 0.869. The number of hydrogen-bond acceptors (Lipinski definition) is 2. The van der Waals surface area contributed by atoms with Gasteiger partial charge in [0.1, 0.15) is 5.75 Å². The Balaban J connectivity index is 1.83. The fourth-order valence-corrected chi connectivity index (χ4v) is 2.92. The van der Waals surface area contributed by atoms with Gasteiger partial charge in [-0.2, -0.15) is 0 Å². The molecule has 0 spiro atoms. The predicted molar refractivity (Wildman–Crippen MR) is 80.3 cm³/mol. The average Bonchev–Trinajstić information content (AvgIpc) is 2.42. The van der Waals surface area contributed by atoms with E-state index in [-0.39, 0.29) is 0 Å². The number of para-hydroxylation sites is 1. The fourth-order valence-electron chi connectivity index (χ4n) is 2.92. The minimum Gasteiger partial charge on any atom is -0.494 e. The van der Waals surface area contributed by atoms with Gasteiger partial charge in [0.15, 0.2) is 0 Å². The first kappa shape index (κ1) is 14.4. The standard InChI is InChI=1S/C17H27NO/c1-16(2)8-10-17(14-18,11-9-16)12-13-19-15-6-4-3-5-7-15/h3-7H,8-14,18H2,1-2H3. The second-order valence-electron chi connectivity index (χ2n) is 6.78. The first-order chi connectivity index (χ1) is 9.05. The van der Waals surface area contributed by atoms with Crippen LogP contribution in [0.25, 0.3) is 0 Å². The third-order valence-corrected chi connectivity index (χ3v) is 4.74. The predicted octanol–water partition coefficient (Wildman–Crippen LogP) is 4.00. The number of hydrogen-bond donors (Lipinski definition) is 1. The van der Waals surface area contributed by atoms with Crippen molar-refractivity contribution in [3.8, 4) is 5.75 Å². The average molecular weight is 261 g/mol. The number of benzene rings is 1. The Morgan fingerprint density at radius 1 is 1.05 bits per heavy atom. The molecule has 0 bridgehead atoms. The van der Waals surface area contributed by atoms with Gasteiger partial charge < -0.3 is 10.5 Å². The highest BCUT2D eigenvalue weighted by molar-refractivity contribution is 5.20. The van der Waals surface area contributed by atoms with E-state index >= 15 is 0 Å². The molecule has 0 atom stereocenters. The molecule has 0 aromatic heterocycles. The lowest BCUT2D eigenvalue weighted by molar-refractivity contribution is 0.0835. The van der Waals surface area contributed by atoms with Crippen molar-refractivity contribution in [1.29, 1.82) is 0 Å². The van der Waals surface area contributed by atoms with Crippen LogP contribution >= 0.6 is 0 Å². The Morgan fingerprint density at radius 2 is 1.68 bits per heavy atom. The zero-order chi connectivity index (χ0) is 13.8. The van der Waals surface area contributed by atoms with E-state index in [9.17, 15) is 0 Å². The molecule has 0 amide bonds. The van der Waals surface area contributed by atoms with Gasteiger partial charge in [-0.15, -0.1) is 0 Å². The molecule has 2 nitrogen and oxygen atoms in total. The summed E-state index contributed by atoms with van der Waals surface area (Å²) in [6.07, 6.45) is 6.14. The van der Waals surface area contributed by atoms with Crippen molar-refractivity contribution in [2.24, 2.45) is 16.6 Å². The van der Waals surface area contributed by atoms with Crippen molar-refractivity contribution in [2.75, 3.05) is 13.2 Å². The van der Waals surface area contributed by atoms with Gasteiger partial charge in [0.25, 0.3) is 0 Å². The third-order valence-electron chi connectivity index (χ3n) is 4.74. The summed E-state index contributed by atoms with van der Waals surface area (Å²) in [4.78, 5) is 0. The largest absolute Gasteiger partial charge is 0.494 e. The third kappa shape index (κ3) is 3.97. The minimum absolute atomic E-state index is 0.310. The second-order valence-corrected chi connectivity index (χ2v) is 6.78. The number of rotatable bonds is 5. The molecular formula is C17H27NO. The molecule has 0 radical (unpaired) electrons. The molecule has 1 saturated carbocycles. The molecule has 1 aromatic carbocycles. The molecular weight excluding hydrogens is 234 g/mol. The summed E-state index contributed by atoms with van der Waals surface area (Å²) in [7, 11) is 0. The molecule has 0 aliphatic heterocycles. The first-order valence-corrected chi connectivity index (χ1v) is 7.43. The molecule has 2 rings (SSSR count). The maximum absolute atomic E-state index is 6.05. The normalized spacial score (nSPS) is 21.0. The summed E-state index contributed by atoms with van der Waals surface area (Å²) in [6.45, 7) is 6.31. The fraction of sp³-hybridized carbons (Fsp3) is 0.647. The van der Waals surface area contributed by atoms with Crippen molar-refractivity contribution < 1.29 is 4.74 Å². The van der Waals surface area contributed by atoms with Crippen LogP contribution in [0.2, 0.25) is 0 Å². The van der Waals surface area contributed by atoms with Crippen molar-refractivity contribution >= 4 is 0 Å². The van der Waals surface area contributed by atoms with Crippen LogP contribution in [0.5, 0.6) is 5.75 Å². The summed E-state index contributed by atoms with van der Waals surface area (Å²) in [6, 6.07) is 10.1. The molecule has 19 heavy (non-hydrogen) atoms. The van der Waals surface area contributed by atoms with E-state index in [2.05, 4.69) is 13.8 Å². The lowest BCUT2D eigenvalue weighted by atomic mass is 9.64. The highest BCUT2D eigenvalue weighted by atomic mass is 16.5. The molecule has 1 aromatic rings. The Hall–Kier alpha value is -1.02. The van der Waals surface area contributed by atoms with Crippen molar-refractivity contribution in [2.45, 2.75) is 46.0 Å². The van der Waals surface area contributed by atoms with E-state index in [1.165, 1.54) is 25.7 Å². The van der Waals surface area contributed by atoms with E-state index in [1.807, 2.05) is 30.3 Å². The SMILES string of the molecule is CC1(C)CCC(CN)(CCOc2ccccc2)CC1. The van der Waals surface area contributed by atoms with Crippen molar-refractivity contribution in [3.05, 3.63) is 30.3 Å². The maximum atomic E-state index is 6.05. The minimum atomic E-state index is 0.310. The van der Waals surface area contributed by atoms with Gasteiger partial charge >= 0.3 is 0 Å². The van der Waals surface area contributed by atoms with Gasteiger partial charge in [0, 0.05) is 0 Å². The molecule has 0 heterocycles. The van der Waals surface area contributed by atoms with Crippen LogP contribution < -0.4 is 10.5 Å². The van der Waals surface area contributed by atoms with E-state index in [0.29, 0.717) is 10.8 Å². The summed E-state index contributed by atoms with van der Waals surface area (Å²) in [5.41, 5.74) is 6.86. The molecule has 0 unspecified atom stereocenters. The van der Waals surface area contributed by atoms with Crippen LogP contribution in [0.4, 0.5) is 0 Å². The van der Waals surface area contributed by atoms with Crippen LogP contribution in [0, 0.1) is 10.8 Å². The molecule has 1 fully saturated rings. The molecule has 2 heteroatoms. The zero-order valence-corrected chi connectivity index (χ0v) is 12.3. The highest BCUT2D eigenvalue weighted by Gasteiger charge is 2.37. The summed E-state index contributed by atoms with van der Waals surface area (Å²) in [5.74, 6) is 0.964. The lowest BCUT2D eigenvalue weighted by Crippen LogP contribution is -2.38. The van der Waals surface area contributed by atoms with E-state index in [4.69, 9.17) is 10.5 Å². The molecule has 2 N–H and O–H groups in total. The molecule has 1 aliphatic carbocycles. The van der Waals surface area contributed by atoms with E-state index in [0.717, 1.165) is 25.3 Å². The highest BCUT2D eigenvalue weighted by Crippen LogP contribution is 2.46. The smallest absolute Gasteiger partial charge is 0.119 e. The molecule has 1 aliphatic rings. The van der Waals surface area contributed by atoms with Crippen LogP contribution in [0.3, 0.4) is 0 Å². The number of ether oxygens (including phenoxy) is 1. The zero-order valence-electron chi connectivity index (χ0n) is 12.3. The summed E-state index contributed by atoms with van der Waals surface area (Å²) < 4.78 is 5.83. The lowest BCUT2D eigenvalue weighted by Gasteiger charge is -2.43. The van der Waals surface area contributed by atoms with E-state index < -0.39 is 0 Å². The number of nitrogens with two attached hydrogens (primary N) is 1. The van der Waals surface area contributed by atoms with Gasteiger partial charge in [-0.1, -0.05) is 32.0 Å². The second kappa shape index (κ2) is 5.96. The van der Waals surface area contributed by atoms with Crippen LogP contribution in [-0.4, -0.2) is 13.2 Å². The van der Waals surface area contributed by atoms with Crippen molar-refractivity contribution in [1.82, 2.24) is 0 Å². The monoisotopic (exact) mass is 261 g/mol. The van der Waals surface area contributed by atoms with Gasteiger partial charge in [0.05, 0.1) is 6.61 Å². The van der Waals surface area contributed by atoms with E-state index in [1.54, 1.807) is 0 Å². The first-order valence-electron chi connectivity index (χ1n) is 7.43. The maximum Gasteiger partial charge on any atom is 0.119 e. The van der Waals surface area contributed by atoms with Gasteiger partial charge in [-0.25, -0.2) is 0 Å². The van der Waals surface area contributed by atoms with Crippen LogP contribution in [0.15, 0.2) is 30.3 Å². The van der Waals surface area contributed by atoms with Gasteiger partial charge in [0.2, 0.25) is 0 Å². The topological polar surface area (TPSA) is 35.2 Å². The summed E-state index contributed by atoms with van der Waals surface area (Å²) in [5, 5.41) is 0. The molecule has 106 valence electrons. The van der Waals surface area contributed by atoms with Crippen LogP contribution in [0.1, 0.15) is 46.0 Å². The molecule has 0 saturated heterocycles. The van der Waals surface area contributed by atoms with Crippen molar-refractivity contribution in [3.63, 3.8) is 0 Å². The van der Waals surface area contributed by atoms with Gasteiger partial charge in [-0.3, -0.25) is 0 Å². The Bertz CT molecular complexity index is 376. The van der Waals surface area contributed by atoms with Gasteiger partial charge in [-0.05, 0) is 61.6 Å². The Kier molecular flexibility index (Phi) is 4.51. The Morgan fingerprint density at radius 3 is 2.26 bits per heavy atom. The van der Waals surface area contributed by atoms with Crippen LogP contribution in [-0.2, 0) is 0 Å².